The van der Waals surface area contributed by atoms with Crippen LogP contribution < -0.4 is 5.56 Å². The van der Waals surface area contributed by atoms with Gasteiger partial charge < -0.3 is 9.97 Å². The van der Waals surface area contributed by atoms with Crippen molar-refractivity contribution in [3.8, 4) is 21.8 Å². The standard InChI is InChI=1S/C18H17N3OS/c1-4-5-7-13-11(2)20-10-15(13)16-12(3)23-18(21-16)14-8-6-9-19-17(14)22/h4-10,20H,1H2,2-3H3,(H,19,22)/b7-5-. The quantitative estimate of drug-likeness (QED) is 0.703. The minimum absolute atomic E-state index is 0.121. The largest absolute Gasteiger partial charge is 0.364 e. The van der Waals surface area contributed by atoms with Crippen molar-refractivity contribution in [2.45, 2.75) is 13.8 Å². The number of aromatic nitrogens is 3. The minimum atomic E-state index is -0.121. The number of H-pyrrole nitrogens is 2. The molecule has 0 bridgehead atoms. The summed E-state index contributed by atoms with van der Waals surface area (Å²) in [6, 6.07) is 3.60. The van der Waals surface area contributed by atoms with Crippen LogP contribution in [-0.4, -0.2) is 15.0 Å². The monoisotopic (exact) mass is 323 g/mol. The Labute approximate surface area is 138 Å². The van der Waals surface area contributed by atoms with Gasteiger partial charge in [-0.3, -0.25) is 4.79 Å². The van der Waals surface area contributed by atoms with Gasteiger partial charge in [-0.05, 0) is 26.0 Å². The molecular weight excluding hydrogens is 306 g/mol. The summed E-state index contributed by atoms with van der Waals surface area (Å²) in [4.78, 5) is 23.7. The van der Waals surface area contributed by atoms with E-state index in [1.165, 1.54) is 11.3 Å². The third kappa shape index (κ3) is 2.83. The first-order valence-electron chi connectivity index (χ1n) is 7.24. The Hall–Kier alpha value is -2.66. The highest BCUT2D eigenvalue weighted by atomic mass is 32.1. The lowest BCUT2D eigenvalue weighted by atomic mass is 10.1. The van der Waals surface area contributed by atoms with E-state index in [1.807, 2.05) is 38.3 Å². The van der Waals surface area contributed by atoms with Crippen LogP contribution in [0.25, 0.3) is 27.9 Å². The Morgan fingerprint density at radius 2 is 2.09 bits per heavy atom. The highest BCUT2D eigenvalue weighted by Crippen LogP contribution is 2.35. The van der Waals surface area contributed by atoms with Gasteiger partial charge in [-0.25, -0.2) is 4.98 Å². The summed E-state index contributed by atoms with van der Waals surface area (Å²) in [5.74, 6) is 0. The number of hydrogen-bond donors (Lipinski definition) is 2. The highest BCUT2D eigenvalue weighted by molar-refractivity contribution is 7.15. The van der Waals surface area contributed by atoms with E-state index in [1.54, 1.807) is 18.3 Å². The zero-order valence-electron chi connectivity index (χ0n) is 13.0. The molecule has 0 aliphatic carbocycles. The third-order valence-electron chi connectivity index (χ3n) is 3.63. The van der Waals surface area contributed by atoms with E-state index in [9.17, 15) is 4.79 Å². The average Bonchev–Trinajstić information content (AvgIpc) is 3.08. The SMILES string of the molecule is C=C/C=C\c1c(-c2nc(-c3ccc[nH]c3=O)sc2C)c[nH]c1C. The average molecular weight is 323 g/mol. The first-order chi connectivity index (χ1) is 11.1. The molecule has 0 fully saturated rings. The second-order valence-electron chi connectivity index (χ2n) is 5.17. The number of pyridine rings is 1. The summed E-state index contributed by atoms with van der Waals surface area (Å²) < 4.78 is 0. The number of nitrogens with zero attached hydrogens (tertiary/aromatic N) is 1. The molecule has 0 aliphatic heterocycles. The van der Waals surface area contributed by atoms with Crippen LogP contribution in [0.2, 0.25) is 0 Å². The molecule has 23 heavy (non-hydrogen) atoms. The first kappa shape index (κ1) is 15.2. The van der Waals surface area contributed by atoms with E-state index in [0.29, 0.717) is 5.56 Å². The molecule has 0 saturated heterocycles. The fourth-order valence-electron chi connectivity index (χ4n) is 2.46. The Bertz CT molecular complexity index is 943. The second-order valence-corrected chi connectivity index (χ2v) is 6.38. The molecular formula is C18H17N3OS. The molecule has 5 heteroatoms. The number of allylic oxidation sites excluding steroid dienone is 2. The molecule has 0 aliphatic rings. The highest BCUT2D eigenvalue weighted by Gasteiger charge is 2.17. The summed E-state index contributed by atoms with van der Waals surface area (Å²) in [5, 5.41) is 0.733. The van der Waals surface area contributed by atoms with Gasteiger partial charge in [-0.15, -0.1) is 11.3 Å². The molecule has 4 nitrogen and oxygen atoms in total. The zero-order chi connectivity index (χ0) is 16.4. The minimum Gasteiger partial charge on any atom is -0.364 e. The summed E-state index contributed by atoms with van der Waals surface area (Å²) in [6.07, 6.45) is 9.26. The van der Waals surface area contributed by atoms with E-state index in [0.717, 1.165) is 32.4 Å². The maximum atomic E-state index is 12.0. The van der Waals surface area contributed by atoms with Gasteiger partial charge in [0.05, 0.1) is 11.3 Å². The van der Waals surface area contributed by atoms with Crippen molar-refractivity contribution in [2.24, 2.45) is 0 Å². The summed E-state index contributed by atoms with van der Waals surface area (Å²) in [6.45, 7) is 7.76. The lowest BCUT2D eigenvalue weighted by molar-refractivity contribution is 1.23. The van der Waals surface area contributed by atoms with Crippen molar-refractivity contribution in [1.82, 2.24) is 15.0 Å². The predicted octanol–water partition coefficient (Wildman–Crippen LogP) is 4.31. The van der Waals surface area contributed by atoms with Gasteiger partial charge in [-0.2, -0.15) is 0 Å². The molecule has 116 valence electrons. The maximum absolute atomic E-state index is 12.0. The van der Waals surface area contributed by atoms with Crippen LogP contribution in [0.5, 0.6) is 0 Å². The van der Waals surface area contributed by atoms with Crippen LogP contribution in [0.15, 0.2) is 48.1 Å². The number of aromatic amines is 2. The van der Waals surface area contributed by atoms with Gasteiger partial charge in [0.15, 0.2) is 0 Å². The smallest absolute Gasteiger partial charge is 0.258 e. The zero-order valence-corrected chi connectivity index (χ0v) is 13.8. The second kappa shape index (κ2) is 6.22. The fourth-order valence-corrected chi connectivity index (χ4v) is 3.41. The van der Waals surface area contributed by atoms with Crippen molar-refractivity contribution < 1.29 is 0 Å². The van der Waals surface area contributed by atoms with Gasteiger partial charge in [-0.1, -0.05) is 24.8 Å². The Morgan fingerprint density at radius 1 is 1.26 bits per heavy atom. The molecule has 3 aromatic heterocycles. The molecule has 0 saturated carbocycles. The van der Waals surface area contributed by atoms with Crippen molar-refractivity contribution in [2.75, 3.05) is 0 Å². The van der Waals surface area contributed by atoms with Gasteiger partial charge in [0.25, 0.3) is 5.56 Å². The lowest BCUT2D eigenvalue weighted by Crippen LogP contribution is -2.06. The Kier molecular flexibility index (Phi) is 4.12. The molecule has 0 spiro atoms. The summed E-state index contributed by atoms with van der Waals surface area (Å²) in [5.41, 5.74) is 4.58. The molecule has 3 rings (SSSR count). The Morgan fingerprint density at radius 3 is 2.83 bits per heavy atom. The summed E-state index contributed by atoms with van der Waals surface area (Å²) >= 11 is 1.53. The van der Waals surface area contributed by atoms with Gasteiger partial charge >= 0.3 is 0 Å². The van der Waals surface area contributed by atoms with Crippen LogP contribution in [0, 0.1) is 13.8 Å². The van der Waals surface area contributed by atoms with Crippen molar-refractivity contribution in [3.05, 3.63) is 69.7 Å². The van der Waals surface area contributed by atoms with Crippen LogP contribution >= 0.6 is 11.3 Å². The number of thiazole rings is 1. The maximum Gasteiger partial charge on any atom is 0.258 e. The van der Waals surface area contributed by atoms with Crippen LogP contribution in [0.4, 0.5) is 0 Å². The first-order valence-corrected chi connectivity index (χ1v) is 8.06. The van der Waals surface area contributed by atoms with Crippen molar-refractivity contribution >= 4 is 17.4 Å². The fraction of sp³-hybridized carbons (Fsp3) is 0.111. The predicted molar refractivity (Wildman–Crippen MR) is 96.7 cm³/mol. The molecule has 0 amide bonds. The molecule has 3 aromatic rings. The Balaban J connectivity index is 2.13. The third-order valence-corrected chi connectivity index (χ3v) is 4.63. The topological polar surface area (TPSA) is 61.5 Å². The number of hydrogen-bond acceptors (Lipinski definition) is 3. The molecule has 0 atom stereocenters. The van der Waals surface area contributed by atoms with E-state index >= 15 is 0 Å². The number of aryl methyl sites for hydroxylation is 2. The van der Waals surface area contributed by atoms with Gasteiger partial charge in [0.1, 0.15) is 5.01 Å². The summed E-state index contributed by atoms with van der Waals surface area (Å²) in [7, 11) is 0. The number of nitrogens with one attached hydrogen (secondary N) is 2. The molecule has 0 unspecified atom stereocenters. The van der Waals surface area contributed by atoms with Crippen LogP contribution in [0.1, 0.15) is 16.1 Å². The molecule has 2 N–H and O–H groups in total. The van der Waals surface area contributed by atoms with E-state index in [2.05, 4.69) is 16.5 Å². The lowest BCUT2D eigenvalue weighted by Gasteiger charge is -1.99. The van der Waals surface area contributed by atoms with Crippen molar-refractivity contribution in [1.29, 1.82) is 0 Å². The van der Waals surface area contributed by atoms with Gasteiger partial charge in [0.2, 0.25) is 0 Å². The van der Waals surface area contributed by atoms with E-state index in [4.69, 9.17) is 4.98 Å². The van der Waals surface area contributed by atoms with E-state index < -0.39 is 0 Å². The molecule has 0 aromatic carbocycles. The van der Waals surface area contributed by atoms with Crippen LogP contribution in [0.3, 0.4) is 0 Å². The molecule has 3 heterocycles. The normalized spacial score (nSPS) is 11.2. The van der Waals surface area contributed by atoms with Gasteiger partial charge in [0, 0.05) is 34.1 Å². The van der Waals surface area contributed by atoms with E-state index in [-0.39, 0.29) is 5.56 Å². The van der Waals surface area contributed by atoms with Crippen LogP contribution in [-0.2, 0) is 0 Å². The molecule has 0 radical (unpaired) electrons. The number of rotatable bonds is 4. The van der Waals surface area contributed by atoms with Crippen molar-refractivity contribution in [3.63, 3.8) is 0 Å².